The van der Waals surface area contributed by atoms with Gasteiger partial charge in [-0.05, 0) is 32.6 Å². The fraction of sp³-hybridized carbons (Fsp3) is 0.806. The van der Waals surface area contributed by atoms with Gasteiger partial charge in [0, 0.05) is 57.3 Å². The lowest BCUT2D eigenvalue weighted by molar-refractivity contribution is -0.136. The number of Topliss-reactive ketones (excluding diaryl/α,β-unsaturated/α-hetero) is 1. The van der Waals surface area contributed by atoms with Gasteiger partial charge in [-0.2, -0.15) is 11.8 Å². The number of rotatable bonds is 19. The number of fused-ring (bicyclic) bond motifs is 1. The van der Waals surface area contributed by atoms with Crippen LogP contribution in [0.15, 0.2) is 0 Å². The number of hydrogen-bond acceptors (Lipinski definition) is 7. The summed E-state index contributed by atoms with van der Waals surface area (Å²) in [6, 6.07) is 0.387. The zero-order valence-electron chi connectivity index (χ0n) is 26.4. The minimum Gasteiger partial charge on any atom is -0.355 e. The summed E-state index contributed by atoms with van der Waals surface area (Å²) in [5.41, 5.74) is 0. The molecule has 0 bridgehead atoms. The number of carbonyl (C=O) groups is 6. The van der Waals surface area contributed by atoms with Crippen LogP contribution in [0, 0.1) is 0 Å². The molecule has 3 aliphatic heterocycles. The molecule has 12 heteroatoms. The molecule has 0 spiro atoms. The Kier molecular flexibility index (Phi) is 17.3. The Hall–Kier alpha value is -2.63. The second kappa shape index (κ2) is 20.3. The Bertz CT molecular complexity index is 932. The van der Waals surface area contributed by atoms with Gasteiger partial charge in [0.1, 0.15) is 5.78 Å². The lowest BCUT2D eigenvalue weighted by Gasteiger charge is -2.18. The van der Waals surface area contributed by atoms with Crippen molar-refractivity contribution in [2.45, 2.75) is 127 Å². The lowest BCUT2D eigenvalue weighted by Crippen LogP contribution is -2.38. The number of thioether (sulfide) groups is 1. The Balaban J connectivity index is 0.000000694. The number of hydrogen-bond donors (Lipinski definition) is 3. The van der Waals surface area contributed by atoms with Crippen LogP contribution in [-0.4, -0.2) is 95.5 Å². The van der Waals surface area contributed by atoms with E-state index in [1.807, 2.05) is 11.8 Å². The molecule has 3 saturated heterocycles. The number of likely N-dealkylation sites (tertiary alicyclic amines) is 1. The van der Waals surface area contributed by atoms with Gasteiger partial charge in [0.15, 0.2) is 0 Å². The average Bonchev–Trinajstić information content (AvgIpc) is 3.61. The molecular formula is C31H53N5O6S. The molecule has 0 radical (unpaired) electrons. The number of unbranched alkanes of at least 4 members (excludes halogenated alkanes) is 9. The van der Waals surface area contributed by atoms with Crippen LogP contribution in [0.1, 0.15) is 110 Å². The van der Waals surface area contributed by atoms with E-state index in [9.17, 15) is 28.8 Å². The van der Waals surface area contributed by atoms with Gasteiger partial charge in [0.2, 0.25) is 23.6 Å². The van der Waals surface area contributed by atoms with Gasteiger partial charge in [-0.1, -0.05) is 51.4 Å². The highest BCUT2D eigenvalue weighted by Gasteiger charge is 2.42. The fourth-order valence-electron chi connectivity index (χ4n) is 5.47. The molecule has 3 N–H and O–H groups in total. The summed E-state index contributed by atoms with van der Waals surface area (Å²) in [4.78, 5) is 70.5. The topological polar surface area (TPSA) is 145 Å². The highest BCUT2D eigenvalue weighted by Crippen LogP contribution is 2.33. The molecule has 3 fully saturated rings. The number of nitrogens with zero attached hydrogens (tertiary/aromatic N) is 2. The van der Waals surface area contributed by atoms with Crippen molar-refractivity contribution in [3.8, 4) is 0 Å². The SMILES string of the molecule is CC(=O)CCCCCCCCCCCNC(=O)CN(C)C(=O)CCCC[C@@H]1SC[C@@H]2NC(=O)N[C@@H]21.CN1C(=O)CCC1=O. The van der Waals surface area contributed by atoms with Crippen LogP contribution in [0.2, 0.25) is 0 Å². The molecule has 3 atom stereocenters. The fourth-order valence-corrected chi connectivity index (χ4v) is 7.01. The maximum Gasteiger partial charge on any atom is 0.315 e. The Morgan fingerprint density at radius 3 is 2.02 bits per heavy atom. The van der Waals surface area contributed by atoms with E-state index >= 15 is 0 Å². The normalized spacial score (nSPS) is 20.7. The summed E-state index contributed by atoms with van der Waals surface area (Å²) >= 11 is 1.89. The predicted octanol–water partition coefficient (Wildman–Crippen LogP) is 3.54. The second-order valence-electron chi connectivity index (χ2n) is 11.9. The number of amides is 6. The van der Waals surface area contributed by atoms with Crippen LogP contribution in [0.25, 0.3) is 0 Å². The number of likely N-dealkylation sites (N-methyl/N-ethyl adjacent to an activating group) is 1. The number of carbonyl (C=O) groups excluding carboxylic acids is 6. The van der Waals surface area contributed by atoms with Gasteiger partial charge >= 0.3 is 6.03 Å². The molecule has 3 heterocycles. The molecular weight excluding hydrogens is 570 g/mol. The molecule has 0 saturated carbocycles. The molecule has 6 amide bonds. The molecule has 0 aromatic rings. The smallest absolute Gasteiger partial charge is 0.315 e. The first-order valence-corrected chi connectivity index (χ1v) is 17.1. The average molecular weight is 624 g/mol. The van der Waals surface area contributed by atoms with E-state index in [2.05, 4.69) is 16.0 Å². The summed E-state index contributed by atoms with van der Waals surface area (Å²) in [6.07, 6.45) is 15.1. The maximum atomic E-state index is 12.3. The molecule has 3 aliphatic rings. The monoisotopic (exact) mass is 623 g/mol. The van der Waals surface area contributed by atoms with Crippen molar-refractivity contribution in [1.82, 2.24) is 25.8 Å². The minimum atomic E-state index is -0.0933. The molecule has 244 valence electrons. The lowest BCUT2D eigenvalue weighted by atomic mass is 10.0. The van der Waals surface area contributed by atoms with Gasteiger partial charge in [-0.3, -0.25) is 24.1 Å². The molecule has 11 nitrogen and oxygen atoms in total. The van der Waals surface area contributed by atoms with E-state index in [-0.39, 0.29) is 48.3 Å². The first-order valence-electron chi connectivity index (χ1n) is 16.1. The molecule has 43 heavy (non-hydrogen) atoms. The van der Waals surface area contributed by atoms with E-state index in [1.165, 1.54) is 49.0 Å². The van der Waals surface area contributed by atoms with Crippen LogP contribution in [-0.2, 0) is 24.0 Å². The highest BCUT2D eigenvalue weighted by atomic mass is 32.2. The van der Waals surface area contributed by atoms with Crippen molar-refractivity contribution in [3.63, 3.8) is 0 Å². The van der Waals surface area contributed by atoms with Crippen molar-refractivity contribution in [1.29, 1.82) is 0 Å². The van der Waals surface area contributed by atoms with E-state index in [4.69, 9.17) is 0 Å². The van der Waals surface area contributed by atoms with Crippen LogP contribution < -0.4 is 16.0 Å². The second-order valence-corrected chi connectivity index (χ2v) is 13.2. The summed E-state index contributed by atoms with van der Waals surface area (Å²) in [6.45, 7) is 2.44. The summed E-state index contributed by atoms with van der Waals surface area (Å²) in [7, 11) is 3.21. The Morgan fingerprint density at radius 1 is 0.860 bits per heavy atom. The summed E-state index contributed by atoms with van der Waals surface area (Å²) in [5, 5.41) is 9.30. The van der Waals surface area contributed by atoms with Crippen molar-refractivity contribution in [2.75, 3.05) is 32.9 Å². The standard InChI is InChI=1S/C26H46N4O4S.C5H7NO2/c1-20(31)14-10-8-6-4-3-5-7-9-13-17-27-23(32)18-30(2)24(33)16-12-11-15-22-25-21(19-35-22)28-26(34)29-25;1-6-4(7)2-3-5(6)8/h21-22,25H,3-19H2,1-2H3,(H,27,32)(H2,28,29,34);2-3H2,1H3/t21-,22-,25-;/m0./s1. The molecule has 3 rings (SSSR count). The highest BCUT2D eigenvalue weighted by molar-refractivity contribution is 8.00. The Labute approximate surface area is 261 Å². The van der Waals surface area contributed by atoms with Gasteiger partial charge in [0.25, 0.3) is 0 Å². The van der Waals surface area contributed by atoms with Crippen molar-refractivity contribution in [2.24, 2.45) is 0 Å². The molecule has 0 aromatic heterocycles. The molecule has 0 aromatic carbocycles. The predicted molar refractivity (Wildman–Crippen MR) is 168 cm³/mol. The molecule has 0 aliphatic carbocycles. The largest absolute Gasteiger partial charge is 0.355 e. The Morgan fingerprint density at radius 2 is 1.44 bits per heavy atom. The zero-order chi connectivity index (χ0) is 31.6. The third-order valence-electron chi connectivity index (χ3n) is 8.20. The van der Waals surface area contributed by atoms with E-state index in [0.717, 1.165) is 57.1 Å². The van der Waals surface area contributed by atoms with E-state index < -0.39 is 0 Å². The minimum absolute atomic E-state index is 0.00855. The number of nitrogens with one attached hydrogen (secondary N) is 3. The summed E-state index contributed by atoms with van der Waals surface area (Å²) in [5.74, 6) is 1.04. The number of imide groups is 1. The van der Waals surface area contributed by atoms with E-state index in [1.54, 1.807) is 14.0 Å². The maximum absolute atomic E-state index is 12.3. The van der Waals surface area contributed by atoms with Crippen LogP contribution in [0.3, 0.4) is 0 Å². The zero-order valence-corrected chi connectivity index (χ0v) is 27.2. The van der Waals surface area contributed by atoms with Crippen LogP contribution in [0.4, 0.5) is 4.79 Å². The van der Waals surface area contributed by atoms with Crippen molar-refractivity contribution < 1.29 is 28.8 Å². The molecule has 0 unspecified atom stereocenters. The first kappa shape index (κ1) is 36.6. The van der Waals surface area contributed by atoms with Crippen LogP contribution in [0.5, 0.6) is 0 Å². The van der Waals surface area contributed by atoms with E-state index in [0.29, 0.717) is 36.8 Å². The summed E-state index contributed by atoms with van der Waals surface area (Å²) < 4.78 is 0. The third kappa shape index (κ3) is 14.6. The van der Waals surface area contributed by atoms with Crippen molar-refractivity contribution in [3.05, 3.63) is 0 Å². The van der Waals surface area contributed by atoms with Gasteiger partial charge in [-0.25, -0.2) is 4.79 Å². The number of urea groups is 1. The van der Waals surface area contributed by atoms with Gasteiger partial charge in [-0.15, -0.1) is 0 Å². The van der Waals surface area contributed by atoms with Crippen molar-refractivity contribution >= 4 is 47.2 Å². The third-order valence-corrected chi connectivity index (χ3v) is 9.71. The van der Waals surface area contributed by atoms with Gasteiger partial charge < -0.3 is 25.6 Å². The van der Waals surface area contributed by atoms with Crippen LogP contribution >= 0.6 is 11.8 Å². The first-order chi connectivity index (χ1) is 20.6. The number of ketones is 1. The quantitative estimate of drug-likeness (QED) is 0.113. The van der Waals surface area contributed by atoms with Gasteiger partial charge in [0.05, 0.1) is 18.6 Å².